The first-order valence-corrected chi connectivity index (χ1v) is 8.28. The highest BCUT2D eigenvalue weighted by Gasteiger charge is 2.36. The fourth-order valence-corrected chi connectivity index (χ4v) is 3.55. The van der Waals surface area contributed by atoms with E-state index in [1.54, 1.807) is 24.0 Å². The molecule has 0 spiro atoms. The number of carbonyl (C=O) groups excluding carboxylic acids is 1. The summed E-state index contributed by atoms with van der Waals surface area (Å²) in [5, 5.41) is 0. The molecule has 1 aliphatic rings. The van der Waals surface area contributed by atoms with Gasteiger partial charge in [0.05, 0.1) is 11.3 Å². The summed E-state index contributed by atoms with van der Waals surface area (Å²) < 4.78 is 39.9. The third-order valence-corrected chi connectivity index (χ3v) is 4.59. The smallest absolute Gasteiger partial charge is 0.342 e. The average Bonchev–Trinajstić information content (AvgIpc) is 2.53. The van der Waals surface area contributed by atoms with E-state index in [2.05, 4.69) is 11.7 Å². The predicted octanol–water partition coefficient (Wildman–Crippen LogP) is 5.04. The Morgan fingerprint density at radius 2 is 2.04 bits per heavy atom. The normalized spacial score (nSPS) is 21.6. The summed E-state index contributed by atoms with van der Waals surface area (Å²) in [7, 11) is 0. The molecular formula is C19H23F3N2O. The number of nitrogens with zero attached hydrogens (tertiary/aromatic N) is 2. The number of piperidine rings is 1. The van der Waals surface area contributed by atoms with Gasteiger partial charge in [-0.15, -0.1) is 0 Å². The van der Waals surface area contributed by atoms with Gasteiger partial charge in [-0.05, 0) is 37.6 Å². The quantitative estimate of drug-likeness (QED) is 0.701. The van der Waals surface area contributed by atoms with Crippen molar-refractivity contribution < 1.29 is 18.0 Å². The molecule has 6 heteroatoms. The SMILES string of the molecule is C=Nc1c(C(F)(F)F)ccc(C2C[C@@H](C)CN(C(C)=O)C2)c1/C=C\C. The molecule has 1 unspecified atom stereocenters. The minimum absolute atomic E-state index is 0.0156. The molecule has 0 bridgehead atoms. The molecule has 25 heavy (non-hydrogen) atoms. The second kappa shape index (κ2) is 7.42. The Morgan fingerprint density at radius 3 is 2.56 bits per heavy atom. The van der Waals surface area contributed by atoms with Crippen LogP contribution in [0, 0.1) is 5.92 Å². The Morgan fingerprint density at radius 1 is 1.36 bits per heavy atom. The number of allylic oxidation sites excluding steroid dienone is 1. The zero-order chi connectivity index (χ0) is 18.8. The molecule has 1 aromatic carbocycles. The predicted molar refractivity (Wildman–Crippen MR) is 94.1 cm³/mol. The molecule has 2 atom stereocenters. The number of rotatable bonds is 3. The molecular weight excluding hydrogens is 329 g/mol. The number of halogens is 3. The Kier molecular flexibility index (Phi) is 5.70. The zero-order valence-electron chi connectivity index (χ0n) is 14.7. The summed E-state index contributed by atoms with van der Waals surface area (Å²) >= 11 is 0. The van der Waals surface area contributed by atoms with Crippen molar-refractivity contribution in [3.05, 3.63) is 34.9 Å². The number of carbonyl (C=O) groups is 1. The van der Waals surface area contributed by atoms with Crippen LogP contribution in [0.4, 0.5) is 18.9 Å². The van der Waals surface area contributed by atoms with E-state index in [0.29, 0.717) is 18.7 Å². The number of hydrogen-bond donors (Lipinski definition) is 0. The lowest BCUT2D eigenvalue weighted by Crippen LogP contribution is -2.41. The number of likely N-dealkylation sites (tertiary alicyclic amines) is 1. The molecule has 0 aliphatic carbocycles. The lowest BCUT2D eigenvalue weighted by molar-refractivity contribution is -0.137. The van der Waals surface area contributed by atoms with Gasteiger partial charge >= 0.3 is 6.18 Å². The van der Waals surface area contributed by atoms with Crippen molar-refractivity contribution in [3.8, 4) is 0 Å². The second-order valence-corrected chi connectivity index (χ2v) is 6.58. The van der Waals surface area contributed by atoms with Crippen LogP contribution in [0.5, 0.6) is 0 Å². The monoisotopic (exact) mass is 352 g/mol. The maximum atomic E-state index is 13.3. The maximum absolute atomic E-state index is 13.3. The second-order valence-electron chi connectivity index (χ2n) is 6.58. The first-order valence-electron chi connectivity index (χ1n) is 8.28. The molecule has 1 saturated heterocycles. The van der Waals surface area contributed by atoms with Crippen LogP contribution in [0.15, 0.2) is 23.2 Å². The number of alkyl halides is 3. The van der Waals surface area contributed by atoms with Gasteiger partial charge in [0.15, 0.2) is 0 Å². The molecule has 3 nitrogen and oxygen atoms in total. The van der Waals surface area contributed by atoms with Gasteiger partial charge in [0.1, 0.15) is 0 Å². The number of benzene rings is 1. The van der Waals surface area contributed by atoms with Crippen molar-refractivity contribution in [2.45, 2.75) is 39.3 Å². The van der Waals surface area contributed by atoms with Crippen LogP contribution in [-0.2, 0) is 11.0 Å². The van der Waals surface area contributed by atoms with Crippen LogP contribution >= 0.6 is 0 Å². The molecule has 2 rings (SSSR count). The van der Waals surface area contributed by atoms with Crippen LogP contribution in [0.2, 0.25) is 0 Å². The van der Waals surface area contributed by atoms with E-state index in [4.69, 9.17) is 0 Å². The summed E-state index contributed by atoms with van der Waals surface area (Å²) in [6, 6.07) is 2.59. The topological polar surface area (TPSA) is 32.7 Å². The third-order valence-electron chi connectivity index (χ3n) is 4.59. The summed E-state index contributed by atoms with van der Waals surface area (Å²) in [6.45, 7) is 9.85. The molecule has 1 amide bonds. The fraction of sp³-hybridized carbons (Fsp3) is 0.474. The molecule has 136 valence electrons. The van der Waals surface area contributed by atoms with Crippen LogP contribution in [0.25, 0.3) is 6.08 Å². The number of hydrogen-bond acceptors (Lipinski definition) is 2. The van der Waals surface area contributed by atoms with Gasteiger partial charge in [-0.2, -0.15) is 13.2 Å². The highest BCUT2D eigenvalue weighted by molar-refractivity contribution is 5.75. The molecule has 0 saturated carbocycles. The van der Waals surface area contributed by atoms with Gasteiger partial charge in [-0.3, -0.25) is 9.79 Å². The summed E-state index contributed by atoms with van der Waals surface area (Å²) in [4.78, 5) is 17.2. The lowest BCUT2D eigenvalue weighted by atomic mass is 9.82. The van der Waals surface area contributed by atoms with E-state index in [1.165, 1.54) is 13.0 Å². The molecule has 1 aliphatic heterocycles. The Hall–Kier alpha value is -2.11. The molecule has 0 N–H and O–H groups in total. The van der Waals surface area contributed by atoms with Gasteiger partial charge in [0, 0.05) is 31.5 Å². The minimum Gasteiger partial charge on any atom is -0.342 e. The van der Waals surface area contributed by atoms with Crippen LogP contribution in [0.1, 0.15) is 49.8 Å². The van der Waals surface area contributed by atoms with Gasteiger partial charge in [-0.25, -0.2) is 0 Å². The first-order chi connectivity index (χ1) is 11.7. The molecule has 1 aromatic rings. The van der Waals surface area contributed by atoms with Gasteiger partial charge in [0.25, 0.3) is 0 Å². The van der Waals surface area contributed by atoms with E-state index < -0.39 is 11.7 Å². The highest BCUT2D eigenvalue weighted by atomic mass is 19.4. The zero-order valence-corrected chi connectivity index (χ0v) is 14.7. The maximum Gasteiger partial charge on any atom is 0.418 e. The van der Waals surface area contributed by atoms with Crippen LogP contribution < -0.4 is 0 Å². The largest absolute Gasteiger partial charge is 0.418 e. The molecule has 1 fully saturated rings. The van der Waals surface area contributed by atoms with E-state index in [1.807, 2.05) is 6.92 Å². The molecule has 1 heterocycles. The fourth-order valence-electron chi connectivity index (χ4n) is 3.55. The van der Waals surface area contributed by atoms with Crippen LogP contribution in [0.3, 0.4) is 0 Å². The minimum atomic E-state index is -4.49. The average molecular weight is 352 g/mol. The van der Waals surface area contributed by atoms with E-state index in [-0.39, 0.29) is 23.4 Å². The van der Waals surface area contributed by atoms with Crippen molar-refractivity contribution in [2.75, 3.05) is 13.1 Å². The van der Waals surface area contributed by atoms with E-state index in [0.717, 1.165) is 18.1 Å². The van der Waals surface area contributed by atoms with Crippen molar-refractivity contribution in [1.82, 2.24) is 4.90 Å². The Labute approximate surface area is 146 Å². The van der Waals surface area contributed by atoms with Crippen molar-refractivity contribution in [1.29, 1.82) is 0 Å². The molecule has 0 radical (unpaired) electrons. The van der Waals surface area contributed by atoms with Gasteiger partial charge < -0.3 is 4.90 Å². The number of aliphatic imine (C=N–C) groups is 1. The first kappa shape index (κ1) is 19.2. The third kappa shape index (κ3) is 4.11. The lowest BCUT2D eigenvalue weighted by Gasteiger charge is -2.37. The highest BCUT2D eigenvalue weighted by Crippen LogP contribution is 2.43. The van der Waals surface area contributed by atoms with Crippen LogP contribution in [-0.4, -0.2) is 30.6 Å². The number of amides is 1. The molecule has 0 aromatic heterocycles. The summed E-state index contributed by atoms with van der Waals surface area (Å²) in [5.74, 6) is 0.239. The standard InChI is InChI=1S/C19H23F3N2O/c1-5-6-16-15(7-8-17(18(16)23-4)19(20,21)22)14-9-12(2)10-24(11-14)13(3)25/h5-8,12,14H,4,9-11H2,1-3H3/b6-5-/t12-,14?/m1/s1. The summed E-state index contributed by atoms with van der Waals surface area (Å²) in [5.41, 5.74) is 0.295. The Bertz CT molecular complexity index is 695. The Balaban J connectivity index is 2.57. The van der Waals surface area contributed by atoms with Crippen molar-refractivity contribution >= 4 is 24.4 Å². The van der Waals surface area contributed by atoms with E-state index in [9.17, 15) is 18.0 Å². The van der Waals surface area contributed by atoms with Crippen molar-refractivity contribution in [3.63, 3.8) is 0 Å². The van der Waals surface area contributed by atoms with E-state index >= 15 is 0 Å². The van der Waals surface area contributed by atoms with Crippen molar-refractivity contribution in [2.24, 2.45) is 10.9 Å². The van der Waals surface area contributed by atoms with Gasteiger partial charge in [0.2, 0.25) is 5.91 Å². The van der Waals surface area contributed by atoms with Gasteiger partial charge in [-0.1, -0.05) is 25.1 Å². The summed E-state index contributed by atoms with van der Waals surface area (Å²) in [6.07, 6.45) is -0.332.